The highest BCUT2D eigenvalue weighted by molar-refractivity contribution is 7.92. The largest absolute Gasteiger partial charge is 0.284 e. The fourth-order valence-corrected chi connectivity index (χ4v) is 3.51. The molecule has 114 valence electrons. The number of hydrogen-bond acceptors (Lipinski definition) is 4. The Balaban J connectivity index is 2.18. The number of aryl methyl sites for hydroxylation is 1. The summed E-state index contributed by atoms with van der Waals surface area (Å²) >= 11 is 5.66. The molecular formula is C13H17ClN4O2S. The second-order valence-corrected chi connectivity index (χ2v) is 7.04. The molecule has 1 aromatic carbocycles. The molecule has 1 heterocycles. The minimum atomic E-state index is -3.42. The number of nitrogens with one attached hydrogen (secondary N) is 2. The number of sulfonamides is 1. The number of H-pyrrole nitrogens is 1. The number of anilines is 1. The van der Waals surface area contributed by atoms with Crippen molar-refractivity contribution in [1.29, 1.82) is 0 Å². The van der Waals surface area contributed by atoms with Crippen molar-refractivity contribution in [3.8, 4) is 11.4 Å². The predicted molar refractivity (Wildman–Crippen MR) is 83.8 cm³/mol. The zero-order chi connectivity index (χ0) is 15.5. The van der Waals surface area contributed by atoms with Crippen LogP contribution in [-0.4, -0.2) is 35.2 Å². The monoisotopic (exact) mass is 328 g/mol. The average molecular weight is 329 g/mol. The minimum Gasteiger partial charge on any atom is -0.284 e. The van der Waals surface area contributed by atoms with Crippen LogP contribution < -0.4 is 4.72 Å². The zero-order valence-corrected chi connectivity index (χ0v) is 13.4. The van der Waals surface area contributed by atoms with Gasteiger partial charge in [-0.05, 0) is 25.0 Å². The molecule has 6 nitrogen and oxygen atoms in total. The summed E-state index contributed by atoms with van der Waals surface area (Å²) in [6, 6.07) is 6.96. The van der Waals surface area contributed by atoms with E-state index in [-0.39, 0.29) is 11.7 Å². The summed E-state index contributed by atoms with van der Waals surface area (Å²) in [5.41, 5.74) is 1.22. The molecule has 2 rings (SSSR count). The number of benzene rings is 1. The van der Waals surface area contributed by atoms with Crippen LogP contribution in [0.1, 0.15) is 12.7 Å². The van der Waals surface area contributed by atoms with Gasteiger partial charge in [0.2, 0.25) is 10.0 Å². The van der Waals surface area contributed by atoms with Gasteiger partial charge in [-0.15, -0.1) is 11.6 Å². The highest BCUT2D eigenvalue weighted by atomic mass is 35.5. The summed E-state index contributed by atoms with van der Waals surface area (Å²) in [5.74, 6) is 1.41. The average Bonchev–Trinajstić information content (AvgIpc) is 2.84. The Labute approximate surface area is 129 Å². The summed E-state index contributed by atoms with van der Waals surface area (Å²) < 4.78 is 26.6. The van der Waals surface area contributed by atoms with Crippen LogP contribution in [0.25, 0.3) is 11.4 Å². The molecule has 0 saturated carbocycles. The summed E-state index contributed by atoms with van der Waals surface area (Å²) in [5, 5.41) is 6.81. The van der Waals surface area contributed by atoms with Crippen LogP contribution in [0.3, 0.4) is 0 Å². The number of halogens is 1. The third-order valence-corrected chi connectivity index (χ3v) is 4.84. The van der Waals surface area contributed by atoms with Crippen molar-refractivity contribution >= 4 is 27.3 Å². The standard InChI is InChI=1S/C13H17ClN4O2S/c1-9(7-14)8-21(19,20)18-12-5-3-4-11(6-12)13-15-10(2)16-17-13/h3-6,9,18H,7-8H2,1-2H3,(H,15,16,17). The van der Waals surface area contributed by atoms with Crippen LogP contribution in [-0.2, 0) is 10.0 Å². The second-order valence-electron chi connectivity index (χ2n) is 4.97. The van der Waals surface area contributed by atoms with Gasteiger partial charge in [-0.25, -0.2) is 13.4 Å². The van der Waals surface area contributed by atoms with E-state index in [1.807, 2.05) is 6.07 Å². The van der Waals surface area contributed by atoms with Gasteiger partial charge in [-0.1, -0.05) is 19.1 Å². The van der Waals surface area contributed by atoms with E-state index < -0.39 is 10.0 Å². The van der Waals surface area contributed by atoms with Gasteiger partial charge >= 0.3 is 0 Å². The molecule has 1 aromatic heterocycles. The Morgan fingerprint density at radius 1 is 1.43 bits per heavy atom. The van der Waals surface area contributed by atoms with Crippen LogP contribution in [0.15, 0.2) is 24.3 Å². The molecule has 1 atom stereocenters. The number of hydrogen-bond donors (Lipinski definition) is 2. The molecule has 0 amide bonds. The van der Waals surface area contributed by atoms with E-state index in [0.717, 1.165) is 5.56 Å². The Morgan fingerprint density at radius 3 is 2.81 bits per heavy atom. The quantitative estimate of drug-likeness (QED) is 0.797. The second kappa shape index (κ2) is 6.44. The van der Waals surface area contributed by atoms with Crippen molar-refractivity contribution in [2.24, 2.45) is 5.92 Å². The van der Waals surface area contributed by atoms with E-state index in [9.17, 15) is 8.42 Å². The molecule has 0 aliphatic rings. The number of alkyl halides is 1. The summed E-state index contributed by atoms with van der Waals surface area (Å²) in [7, 11) is -3.42. The Bertz CT molecular complexity index is 714. The lowest BCUT2D eigenvalue weighted by molar-refractivity contribution is 0.588. The summed E-state index contributed by atoms with van der Waals surface area (Å²) in [6.45, 7) is 3.59. The molecular weight excluding hydrogens is 312 g/mol. The third kappa shape index (κ3) is 4.44. The molecule has 0 saturated heterocycles. The first-order valence-corrected chi connectivity index (χ1v) is 8.64. The van der Waals surface area contributed by atoms with E-state index in [0.29, 0.717) is 23.2 Å². The molecule has 0 radical (unpaired) electrons. The summed E-state index contributed by atoms with van der Waals surface area (Å²) in [6.07, 6.45) is 0. The lowest BCUT2D eigenvalue weighted by Gasteiger charge is -2.11. The number of aromatic nitrogens is 3. The van der Waals surface area contributed by atoms with Gasteiger partial charge in [0.25, 0.3) is 0 Å². The van der Waals surface area contributed by atoms with E-state index >= 15 is 0 Å². The molecule has 0 bridgehead atoms. The summed E-state index contributed by atoms with van der Waals surface area (Å²) in [4.78, 5) is 4.22. The smallest absolute Gasteiger partial charge is 0.233 e. The maximum absolute atomic E-state index is 12.0. The molecule has 21 heavy (non-hydrogen) atoms. The van der Waals surface area contributed by atoms with Gasteiger partial charge in [-0.2, -0.15) is 5.10 Å². The van der Waals surface area contributed by atoms with Gasteiger partial charge in [0, 0.05) is 17.1 Å². The van der Waals surface area contributed by atoms with Crippen molar-refractivity contribution in [2.45, 2.75) is 13.8 Å². The fraction of sp³-hybridized carbons (Fsp3) is 0.385. The minimum absolute atomic E-state index is 0.0134. The fourth-order valence-electron chi connectivity index (χ4n) is 1.83. The van der Waals surface area contributed by atoms with E-state index in [4.69, 9.17) is 11.6 Å². The highest BCUT2D eigenvalue weighted by Crippen LogP contribution is 2.20. The van der Waals surface area contributed by atoms with E-state index in [1.165, 1.54) is 0 Å². The van der Waals surface area contributed by atoms with Crippen LogP contribution in [0.5, 0.6) is 0 Å². The van der Waals surface area contributed by atoms with Gasteiger partial charge in [0.05, 0.1) is 5.75 Å². The Morgan fingerprint density at radius 2 is 2.19 bits per heavy atom. The number of rotatable bonds is 6. The van der Waals surface area contributed by atoms with Gasteiger partial charge in [-0.3, -0.25) is 9.82 Å². The SMILES string of the molecule is Cc1nc(-c2cccc(NS(=O)(=O)CC(C)CCl)c2)n[nH]1. The first-order chi connectivity index (χ1) is 9.89. The van der Waals surface area contributed by atoms with Gasteiger partial charge in [0.1, 0.15) is 5.82 Å². The zero-order valence-electron chi connectivity index (χ0n) is 11.8. The third-order valence-electron chi connectivity index (χ3n) is 2.76. The van der Waals surface area contributed by atoms with Crippen LogP contribution in [0.2, 0.25) is 0 Å². The number of aromatic amines is 1. The molecule has 0 aliphatic carbocycles. The van der Waals surface area contributed by atoms with Crippen molar-refractivity contribution < 1.29 is 8.42 Å². The van der Waals surface area contributed by atoms with Crippen molar-refractivity contribution in [2.75, 3.05) is 16.4 Å². The highest BCUT2D eigenvalue weighted by Gasteiger charge is 2.15. The van der Waals surface area contributed by atoms with Crippen LogP contribution in [0.4, 0.5) is 5.69 Å². The van der Waals surface area contributed by atoms with Gasteiger partial charge in [0.15, 0.2) is 5.82 Å². The molecule has 1 unspecified atom stereocenters. The van der Waals surface area contributed by atoms with E-state index in [1.54, 1.807) is 32.0 Å². The Kier molecular flexibility index (Phi) is 4.84. The van der Waals surface area contributed by atoms with Crippen molar-refractivity contribution in [3.63, 3.8) is 0 Å². The molecule has 2 N–H and O–H groups in total. The van der Waals surface area contributed by atoms with Crippen molar-refractivity contribution in [3.05, 3.63) is 30.1 Å². The maximum atomic E-state index is 12.0. The van der Waals surface area contributed by atoms with Crippen molar-refractivity contribution in [1.82, 2.24) is 15.2 Å². The van der Waals surface area contributed by atoms with E-state index in [2.05, 4.69) is 19.9 Å². The lowest BCUT2D eigenvalue weighted by atomic mass is 10.2. The first-order valence-electron chi connectivity index (χ1n) is 6.45. The van der Waals surface area contributed by atoms with Gasteiger partial charge < -0.3 is 0 Å². The molecule has 0 spiro atoms. The predicted octanol–water partition coefficient (Wildman–Crippen LogP) is 2.40. The lowest BCUT2D eigenvalue weighted by Crippen LogP contribution is -2.22. The van der Waals surface area contributed by atoms with Crippen LogP contribution >= 0.6 is 11.6 Å². The maximum Gasteiger partial charge on any atom is 0.233 e. The number of nitrogens with zero attached hydrogens (tertiary/aromatic N) is 2. The van der Waals surface area contributed by atoms with Crippen LogP contribution in [0, 0.1) is 12.8 Å². The molecule has 0 aliphatic heterocycles. The topological polar surface area (TPSA) is 87.7 Å². The molecule has 2 aromatic rings. The first kappa shape index (κ1) is 15.8. The normalized spacial score (nSPS) is 13.1. The Hall–Kier alpha value is -1.60. The molecule has 8 heteroatoms. The molecule has 0 fully saturated rings.